The van der Waals surface area contributed by atoms with E-state index in [4.69, 9.17) is 20.4 Å². The van der Waals surface area contributed by atoms with Crippen molar-refractivity contribution in [2.45, 2.75) is 20.8 Å². The molecule has 0 aliphatic heterocycles. The number of nitrogens with zero attached hydrogens (tertiary/aromatic N) is 2. The third-order valence-electron chi connectivity index (χ3n) is 2.35. The molecule has 6 nitrogen and oxygen atoms in total. The molecule has 0 spiro atoms. The molecule has 0 aromatic carbocycles. The third-order valence-corrected chi connectivity index (χ3v) is 2.35. The summed E-state index contributed by atoms with van der Waals surface area (Å²) in [6.07, 6.45) is 0. The summed E-state index contributed by atoms with van der Waals surface area (Å²) in [4.78, 5) is 4.26. The Labute approximate surface area is 106 Å². The van der Waals surface area contributed by atoms with E-state index in [2.05, 4.69) is 10.1 Å². The molecule has 3 N–H and O–H groups in total. The molecule has 1 rings (SSSR count). The van der Waals surface area contributed by atoms with Crippen LogP contribution in [0.2, 0.25) is 0 Å². The molecular formula is C12H19N3O3. The number of aryl methyl sites for hydroxylation is 2. The Kier molecular flexibility index (Phi) is 5.38. The Morgan fingerprint density at radius 3 is 2.78 bits per heavy atom. The maximum Gasteiger partial charge on any atom is 0.175 e. The molecule has 0 amide bonds. The van der Waals surface area contributed by atoms with Gasteiger partial charge in [0.25, 0.3) is 0 Å². The molecule has 0 atom stereocenters. The van der Waals surface area contributed by atoms with Crippen LogP contribution in [0.4, 0.5) is 0 Å². The zero-order valence-electron chi connectivity index (χ0n) is 10.9. The van der Waals surface area contributed by atoms with Gasteiger partial charge in [-0.15, -0.1) is 0 Å². The van der Waals surface area contributed by atoms with Gasteiger partial charge in [-0.3, -0.25) is 4.98 Å². The average Bonchev–Trinajstić information content (AvgIpc) is 2.33. The largest absolute Gasteiger partial charge is 0.490 e. The number of nitrogens with two attached hydrogens (primary N) is 1. The second-order valence-electron chi connectivity index (χ2n) is 3.75. The van der Waals surface area contributed by atoms with E-state index in [0.717, 1.165) is 5.69 Å². The molecule has 1 aromatic heterocycles. The quantitative estimate of drug-likeness (QED) is 0.261. The van der Waals surface area contributed by atoms with E-state index < -0.39 is 0 Å². The molecule has 6 heteroatoms. The van der Waals surface area contributed by atoms with Crippen molar-refractivity contribution in [1.82, 2.24) is 4.98 Å². The summed E-state index contributed by atoms with van der Waals surface area (Å²) in [6.45, 7) is 7.11. The van der Waals surface area contributed by atoms with Crippen LogP contribution in [0.25, 0.3) is 0 Å². The minimum absolute atomic E-state index is 0.00795. The van der Waals surface area contributed by atoms with Gasteiger partial charge in [-0.05, 0) is 20.8 Å². The van der Waals surface area contributed by atoms with Gasteiger partial charge in [0.2, 0.25) is 0 Å². The van der Waals surface area contributed by atoms with E-state index in [1.807, 2.05) is 13.8 Å². The third kappa shape index (κ3) is 3.59. The average molecular weight is 253 g/mol. The van der Waals surface area contributed by atoms with E-state index in [0.29, 0.717) is 36.8 Å². The number of pyridine rings is 1. The fourth-order valence-electron chi connectivity index (χ4n) is 1.62. The van der Waals surface area contributed by atoms with Gasteiger partial charge in [0.1, 0.15) is 12.4 Å². The predicted molar refractivity (Wildman–Crippen MR) is 68.2 cm³/mol. The van der Waals surface area contributed by atoms with Gasteiger partial charge in [0.05, 0.1) is 17.9 Å². The Bertz CT molecular complexity index is 433. The number of oxime groups is 1. The van der Waals surface area contributed by atoms with Crippen molar-refractivity contribution >= 4 is 5.84 Å². The topological polar surface area (TPSA) is 90.0 Å². The summed E-state index contributed by atoms with van der Waals surface area (Å²) in [5.41, 5.74) is 7.62. The van der Waals surface area contributed by atoms with Gasteiger partial charge in [0.15, 0.2) is 5.84 Å². The molecule has 0 bridgehead atoms. The number of rotatable bonds is 6. The Morgan fingerprint density at radius 1 is 1.44 bits per heavy atom. The molecule has 1 aromatic rings. The molecule has 0 unspecified atom stereocenters. The highest BCUT2D eigenvalue weighted by Crippen LogP contribution is 2.22. The van der Waals surface area contributed by atoms with Crippen molar-refractivity contribution in [3.8, 4) is 5.75 Å². The van der Waals surface area contributed by atoms with Crippen molar-refractivity contribution in [2.75, 3.05) is 19.8 Å². The van der Waals surface area contributed by atoms with Crippen LogP contribution in [0.5, 0.6) is 5.75 Å². The smallest absolute Gasteiger partial charge is 0.175 e. The van der Waals surface area contributed by atoms with Crippen LogP contribution in [-0.2, 0) is 4.74 Å². The van der Waals surface area contributed by atoms with Crippen LogP contribution >= 0.6 is 0 Å². The summed E-state index contributed by atoms with van der Waals surface area (Å²) in [5.74, 6) is 0.543. The number of aromatic nitrogens is 1. The maximum absolute atomic E-state index is 8.77. The molecule has 0 saturated carbocycles. The lowest BCUT2D eigenvalue weighted by molar-refractivity contribution is 0.110. The second kappa shape index (κ2) is 6.80. The van der Waals surface area contributed by atoms with Crippen LogP contribution in [0.15, 0.2) is 11.2 Å². The van der Waals surface area contributed by atoms with Crippen molar-refractivity contribution < 1.29 is 14.7 Å². The second-order valence-corrected chi connectivity index (χ2v) is 3.75. The molecule has 0 aliphatic rings. The van der Waals surface area contributed by atoms with E-state index >= 15 is 0 Å². The first-order valence-electron chi connectivity index (χ1n) is 5.76. The molecule has 0 saturated heterocycles. The lowest BCUT2D eigenvalue weighted by Gasteiger charge is -2.13. The highest BCUT2D eigenvalue weighted by Gasteiger charge is 2.14. The minimum Gasteiger partial charge on any atom is -0.490 e. The standard InChI is InChI=1S/C12H19N3O3/c1-4-17-5-6-18-10-7-8(2)14-9(3)11(10)12(13)15-16/h7,16H,4-6H2,1-3H3,(H2,13,15). The molecule has 0 aliphatic carbocycles. The fourth-order valence-corrected chi connectivity index (χ4v) is 1.62. The van der Waals surface area contributed by atoms with E-state index in [9.17, 15) is 0 Å². The van der Waals surface area contributed by atoms with Crippen LogP contribution in [0, 0.1) is 13.8 Å². The normalized spacial score (nSPS) is 11.6. The van der Waals surface area contributed by atoms with Crippen molar-refractivity contribution in [1.29, 1.82) is 0 Å². The molecule has 0 fully saturated rings. The van der Waals surface area contributed by atoms with Gasteiger partial charge in [-0.2, -0.15) is 0 Å². The predicted octanol–water partition coefficient (Wildman–Crippen LogP) is 1.21. The first kappa shape index (κ1) is 14.2. The van der Waals surface area contributed by atoms with Crippen LogP contribution < -0.4 is 10.5 Å². The Hall–Kier alpha value is -1.82. The Morgan fingerprint density at radius 2 is 2.17 bits per heavy atom. The molecule has 1 heterocycles. The summed E-state index contributed by atoms with van der Waals surface area (Å²) < 4.78 is 10.8. The first-order chi connectivity index (χ1) is 8.60. The molecule has 18 heavy (non-hydrogen) atoms. The van der Waals surface area contributed by atoms with Crippen LogP contribution in [0.3, 0.4) is 0 Å². The van der Waals surface area contributed by atoms with Crippen molar-refractivity contribution in [3.63, 3.8) is 0 Å². The highest BCUT2D eigenvalue weighted by atomic mass is 16.5. The summed E-state index contributed by atoms with van der Waals surface area (Å²) >= 11 is 0. The lowest BCUT2D eigenvalue weighted by Crippen LogP contribution is -2.18. The lowest BCUT2D eigenvalue weighted by atomic mass is 10.1. The van der Waals surface area contributed by atoms with Gasteiger partial charge < -0.3 is 20.4 Å². The van der Waals surface area contributed by atoms with Gasteiger partial charge in [-0.1, -0.05) is 5.16 Å². The van der Waals surface area contributed by atoms with E-state index in [-0.39, 0.29) is 5.84 Å². The number of amidine groups is 1. The molecular weight excluding hydrogens is 234 g/mol. The number of hydrogen-bond acceptors (Lipinski definition) is 5. The molecule has 0 radical (unpaired) electrons. The van der Waals surface area contributed by atoms with Gasteiger partial charge >= 0.3 is 0 Å². The zero-order valence-corrected chi connectivity index (χ0v) is 10.9. The zero-order chi connectivity index (χ0) is 13.5. The summed E-state index contributed by atoms with van der Waals surface area (Å²) in [5, 5.41) is 11.8. The maximum atomic E-state index is 8.77. The Balaban J connectivity index is 2.93. The fraction of sp³-hybridized carbons (Fsp3) is 0.500. The van der Waals surface area contributed by atoms with Crippen LogP contribution in [0.1, 0.15) is 23.9 Å². The van der Waals surface area contributed by atoms with Gasteiger partial charge in [-0.25, -0.2) is 0 Å². The molecule has 100 valence electrons. The highest BCUT2D eigenvalue weighted by molar-refractivity contribution is 6.00. The minimum atomic E-state index is -0.00795. The monoisotopic (exact) mass is 253 g/mol. The van der Waals surface area contributed by atoms with Crippen molar-refractivity contribution in [3.05, 3.63) is 23.0 Å². The van der Waals surface area contributed by atoms with Gasteiger partial charge in [0, 0.05) is 18.4 Å². The van der Waals surface area contributed by atoms with E-state index in [1.54, 1.807) is 13.0 Å². The first-order valence-corrected chi connectivity index (χ1v) is 5.76. The summed E-state index contributed by atoms with van der Waals surface area (Å²) in [7, 11) is 0. The summed E-state index contributed by atoms with van der Waals surface area (Å²) in [6, 6.07) is 1.76. The van der Waals surface area contributed by atoms with Crippen molar-refractivity contribution in [2.24, 2.45) is 10.9 Å². The SMILES string of the molecule is CCOCCOc1cc(C)nc(C)c1/C(N)=N/O. The number of ether oxygens (including phenoxy) is 2. The van der Waals surface area contributed by atoms with Crippen LogP contribution in [-0.4, -0.2) is 35.8 Å². The van der Waals surface area contributed by atoms with E-state index in [1.165, 1.54) is 0 Å². The number of hydrogen-bond donors (Lipinski definition) is 2.